The van der Waals surface area contributed by atoms with Crippen molar-refractivity contribution in [3.63, 3.8) is 0 Å². The molecule has 0 N–H and O–H groups in total. The molecule has 134 valence electrons. The van der Waals surface area contributed by atoms with E-state index in [0.717, 1.165) is 77.0 Å². The van der Waals surface area contributed by atoms with Gasteiger partial charge in [0.1, 0.15) is 0 Å². The van der Waals surface area contributed by atoms with E-state index in [1.807, 2.05) is 0 Å². The molecule has 0 saturated heterocycles. The van der Waals surface area contributed by atoms with Gasteiger partial charge in [-0.25, -0.2) is 0 Å². The standard InChI is InChI=1S/C18H30Cl3OP/c19-13-1-7-16(8-2-13)23(22,17-9-3-14(20)4-10-17)18-11-5-15(21)6-12-18/h13-18H,1-12H2. The number of alkyl halides is 3. The smallest absolute Gasteiger partial charge is 0.0965 e. The zero-order valence-corrected chi connectivity index (χ0v) is 17.1. The second-order valence-electron chi connectivity index (χ2n) is 7.98. The molecule has 0 spiro atoms. The molecule has 3 saturated carbocycles. The van der Waals surface area contributed by atoms with Crippen molar-refractivity contribution in [2.45, 2.75) is 110 Å². The molecule has 23 heavy (non-hydrogen) atoms. The van der Waals surface area contributed by atoms with Gasteiger partial charge in [-0.05, 0) is 77.0 Å². The molecule has 0 aromatic heterocycles. The largest absolute Gasteiger partial charge is 0.323 e. The van der Waals surface area contributed by atoms with Crippen LogP contribution in [0.1, 0.15) is 77.0 Å². The normalized spacial score (nSPS) is 45.3. The first-order chi connectivity index (χ1) is 11.0. The average Bonchev–Trinajstić information content (AvgIpc) is 2.56. The molecule has 0 aliphatic heterocycles. The quantitative estimate of drug-likeness (QED) is 0.369. The van der Waals surface area contributed by atoms with Crippen LogP contribution in [0.3, 0.4) is 0 Å². The SMILES string of the molecule is O=P(C1CCC(Cl)CC1)(C1CCC(Cl)CC1)C1CCC(Cl)CC1. The lowest BCUT2D eigenvalue weighted by atomic mass is 9.98. The molecule has 3 fully saturated rings. The van der Waals surface area contributed by atoms with Gasteiger partial charge in [0.25, 0.3) is 0 Å². The maximum atomic E-state index is 14.5. The van der Waals surface area contributed by atoms with Gasteiger partial charge >= 0.3 is 0 Å². The van der Waals surface area contributed by atoms with Gasteiger partial charge in [-0.3, -0.25) is 0 Å². The van der Waals surface area contributed by atoms with Crippen LogP contribution in [0.25, 0.3) is 0 Å². The lowest BCUT2D eigenvalue weighted by molar-refractivity contribution is 0.422. The third-order valence-corrected chi connectivity index (χ3v) is 12.9. The summed E-state index contributed by atoms with van der Waals surface area (Å²) in [6.07, 6.45) is 12.7. The van der Waals surface area contributed by atoms with E-state index in [0.29, 0.717) is 33.1 Å². The van der Waals surface area contributed by atoms with E-state index >= 15 is 0 Å². The maximum absolute atomic E-state index is 14.5. The Morgan fingerprint density at radius 2 is 0.696 bits per heavy atom. The maximum Gasteiger partial charge on any atom is 0.0965 e. The van der Waals surface area contributed by atoms with Crippen LogP contribution < -0.4 is 0 Å². The first kappa shape index (κ1) is 18.9. The average molecular weight is 400 g/mol. The minimum absolute atomic E-state index is 0.303. The number of halogens is 3. The van der Waals surface area contributed by atoms with Crippen molar-refractivity contribution >= 4 is 41.9 Å². The van der Waals surface area contributed by atoms with Crippen molar-refractivity contribution in [2.75, 3.05) is 0 Å². The van der Waals surface area contributed by atoms with Gasteiger partial charge in [0.15, 0.2) is 0 Å². The van der Waals surface area contributed by atoms with Crippen molar-refractivity contribution in [2.24, 2.45) is 0 Å². The molecule has 3 aliphatic rings. The highest BCUT2D eigenvalue weighted by molar-refractivity contribution is 7.66. The van der Waals surface area contributed by atoms with Crippen LogP contribution in [-0.4, -0.2) is 33.1 Å². The van der Waals surface area contributed by atoms with Crippen LogP contribution >= 0.6 is 41.9 Å². The molecule has 3 aliphatic carbocycles. The Hall–Kier alpha value is 1.10. The summed E-state index contributed by atoms with van der Waals surface area (Å²) >= 11 is 19.0. The van der Waals surface area contributed by atoms with Crippen molar-refractivity contribution in [1.29, 1.82) is 0 Å². The van der Waals surface area contributed by atoms with Gasteiger partial charge in [-0.15, -0.1) is 34.8 Å². The highest BCUT2D eigenvalue weighted by Gasteiger charge is 2.48. The Morgan fingerprint density at radius 1 is 0.478 bits per heavy atom. The van der Waals surface area contributed by atoms with Crippen LogP contribution in [0.4, 0.5) is 0 Å². The monoisotopic (exact) mass is 398 g/mol. The summed E-state index contributed by atoms with van der Waals surface area (Å²) < 4.78 is 14.5. The number of rotatable bonds is 3. The molecule has 5 heteroatoms. The van der Waals surface area contributed by atoms with Gasteiger partial charge in [0.2, 0.25) is 0 Å². The Balaban J connectivity index is 1.78. The Bertz CT molecular complexity index is 358. The molecule has 0 aromatic rings. The molecule has 0 aromatic carbocycles. The Morgan fingerprint density at radius 3 is 0.913 bits per heavy atom. The third kappa shape index (κ3) is 4.27. The zero-order chi connectivity index (χ0) is 16.4. The molecule has 0 atom stereocenters. The van der Waals surface area contributed by atoms with E-state index in [2.05, 4.69) is 0 Å². The minimum atomic E-state index is -2.20. The van der Waals surface area contributed by atoms with Crippen molar-refractivity contribution in [1.82, 2.24) is 0 Å². The Labute approximate surface area is 156 Å². The zero-order valence-electron chi connectivity index (χ0n) is 13.9. The Kier molecular flexibility index (Phi) is 6.73. The van der Waals surface area contributed by atoms with E-state index in [-0.39, 0.29) is 0 Å². The van der Waals surface area contributed by atoms with Gasteiger partial charge in [-0.1, -0.05) is 0 Å². The van der Waals surface area contributed by atoms with Crippen LogP contribution in [-0.2, 0) is 4.57 Å². The first-order valence-corrected chi connectivity index (χ1v) is 12.7. The molecule has 0 amide bonds. The molecule has 3 rings (SSSR count). The van der Waals surface area contributed by atoms with Crippen molar-refractivity contribution in [3.05, 3.63) is 0 Å². The fraction of sp³-hybridized carbons (Fsp3) is 1.00. The topological polar surface area (TPSA) is 17.1 Å². The third-order valence-electron chi connectivity index (χ3n) is 6.59. The predicted molar refractivity (Wildman–Crippen MR) is 103 cm³/mol. The van der Waals surface area contributed by atoms with Gasteiger partial charge < -0.3 is 4.57 Å². The van der Waals surface area contributed by atoms with E-state index in [9.17, 15) is 4.57 Å². The second kappa shape index (κ2) is 8.20. The van der Waals surface area contributed by atoms with E-state index < -0.39 is 7.14 Å². The molecule has 0 unspecified atom stereocenters. The lowest BCUT2D eigenvalue weighted by Crippen LogP contribution is -2.34. The van der Waals surface area contributed by atoms with Crippen molar-refractivity contribution < 1.29 is 4.57 Å². The highest BCUT2D eigenvalue weighted by Crippen LogP contribution is 2.68. The summed E-state index contributed by atoms with van der Waals surface area (Å²) in [5.41, 5.74) is 1.27. The molecule has 1 nitrogen and oxygen atoms in total. The predicted octanol–water partition coefficient (Wildman–Crippen LogP) is 7.00. The van der Waals surface area contributed by atoms with Gasteiger partial charge in [0, 0.05) is 33.1 Å². The summed E-state index contributed by atoms with van der Waals surface area (Å²) in [6.45, 7) is 0. The fourth-order valence-corrected chi connectivity index (χ4v) is 11.1. The first-order valence-electron chi connectivity index (χ1n) is 9.51. The fourth-order valence-electron chi connectivity index (χ4n) is 5.21. The van der Waals surface area contributed by atoms with E-state index in [1.54, 1.807) is 0 Å². The molecule has 0 radical (unpaired) electrons. The molecular weight excluding hydrogens is 370 g/mol. The summed E-state index contributed by atoms with van der Waals surface area (Å²) in [6, 6.07) is 0. The summed E-state index contributed by atoms with van der Waals surface area (Å²) in [5, 5.41) is 0.908. The van der Waals surface area contributed by atoms with Gasteiger partial charge in [0.05, 0.1) is 7.14 Å². The van der Waals surface area contributed by atoms with Gasteiger partial charge in [-0.2, -0.15) is 0 Å². The lowest BCUT2D eigenvalue weighted by Gasteiger charge is -2.45. The van der Waals surface area contributed by atoms with Crippen LogP contribution in [0.2, 0.25) is 0 Å². The van der Waals surface area contributed by atoms with Crippen LogP contribution in [0.15, 0.2) is 0 Å². The van der Waals surface area contributed by atoms with Crippen LogP contribution in [0, 0.1) is 0 Å². The van der Waals surface area contributed by atoms with E-state index in [1.165, 1.54) is 0 Å². The summed E-state index contributed by atoms with van der Waals surface area (Å²) in [5.74, 6) is 0. The number of hydrogen-bond donors (Lipinski definition) is 0. The van der Waals surface area contributed by atoms with Crippen LogP contribution in [0.5, 0.6) is 0 Å². The minimum Gasteiger partial charge on any atom is -0.323 e. The summed E-state index contributed by atoms with van der Waals surface area (Å²) in [4.78, 5) is 0. The second-order valence-corrected chi connectivity index (χ2v) is 13.6. The highest BCUT2D eigenvalue weighted by atomic mass is 35.5. The molecule has 0 bridgehead atoms. The van der Waals surface area contributed by atoms with E-state index in [4.69, 9.17) is 34.8 Å². The molecular formula is C18H30Cl3OP. The number of hydrogen-bond acceptors (Lipinski definition) is 1. The van der Waals surface area contributed by atoms with Crippen molar-refractivity contribution in [3.8, 4) is 0 Å². The molecule has 0 heterocycles. The summed E-state index contributed by atoms with van der Waals surface area (Å²) in [7, 11) is -2.20.